The lowest BCUT2D eigenvalue weighted by Crippen LogP contribution is -2.38. The lowest BCUT2D eigenvalue weighted by atomic mass is 10.1. The number of nitrogens with zero attached hydrogens (tertiary/aromatic N) is 4. The summed E-state index contributed by atoms with van der Waals surface area (Å²) in [6.07, 6.45) is 7.54. The van der Waals surface area contributed by atoms with E-state index in [0.717, 1.165) is 63.8 Å². The first-order chi connectivity index (χ1) is 15.2. The number of nitrogens with one attached hydrogen (secondary N) is 2. The molecule has 1 saturated heterocycles. The second-order valence-electron chi connectivity index (χ2n) is 8.17. The molecule has 1 aliphatic rings. The molecule has 2 heterocycles. The number of hydrogen-bond donors (Lipinski definition) is 2. The number of benzene rings is 1. The van der Waals surface area contributed by atoms with Crippen molar-refractivity contribution in [3.05, 3.63) is 54.1 Å². The van der Waals surface area contributed by atoms with E-state index in [2.05, 4.69) is 39.2 Å². The van der Waals surface area contributed by atoms with Gasteiger partial charge in [0.25, 0.3) is 0 Å². The van der Waals surface area contributed by atoms with Crippen LogP contribution < -0.4 is 10.6 Å². The molecular weight excluding hydrogens is 388 g/mol. The molecule has 31 heavy (non-hydrogen) atoms. The summed E-state index contributed by atoms with van der Waals surface area (Å²) >= 11 is 0. The molecule has 0 saturated carbocycles. The number of hydrogen-bond acceptors (Lipinski definition) is 3. The van der Waals surface area contributed by atoms with Crippen LogP contribution in [0.25, 0.3) is 0 Å². The molecule has 0 bridgehead atoms. The first-order valence-corrected chi connectivity index (χ1v) is 11.5. The van der Waals surface area contributed by atoms with E-state index in [1.165, 1.54) is 5.56 Å². The lowest BCUT2D eigenvalue weighted by molar-refractivity contribution is -0.127. The molecule has 1 fully saturated rings. The van der Waals surface area contributed by atoms with Gasteiger partial charge in [0, 0.05) is 64.0 Å². The van der Waals surface area contributed by atoms with Crippen LogP contribution in [0.4, 0.5) is 0 Å². The molecule has 0 aliphatic carbocycles. The fraction of sp³-hybridized carbons (Fsp3) is 0.542. The molecule has 1 aliphatic heterocycles. The SMILES string of the molecule is CCNC(=NCC1CC(=O)N(CCc2ccccc2)C1)NCCCCn1ccnc1C. The van der Waals surface area contributed by atoms with Gasteiger partial charge in [-0.3, -0.25) is 9.79 Å². The van der Waals surface area contributed by atoms with Crippen molar-refractivity contribution in [2.75, 3.05) is 32.7 Å². The zero-order valence-corrected chi connectivity index (χ0v) is 18.9. The number of aliphatic imine (C=N–C) groups is 1. The third-order valence-corrected chi connectivity index (χ3v) is 5.70. The maximum Gasteiger partial charge on any atom is 0.223 e. The van der Waals surface area contributed by atoms with Crippen molar-refractivity contribution in [1.29, 1.82) is 0 Å². The zero-order chi connectivity index (χ0) is 21.9. The quantitative estimate of drug-likeness (QED) is 0.330. The highest BCUT2D eigenvalue weighted by Crippen LogP contribution is 2.18. The molecule has 1 aromatic heterocycles. The monoisotopic (exact) mass is 424 g/mol. The summed E-state index contributed by atoms with van der Waals surface area (Å²) in [6.45, 7) is 9.07. The summed E-state index contributed by atoms with van der Waals surface area (Å²) < 4.78 is 2.18. The van der Waals surface area contributed by atoms with E-state index >= 15 is 0 Å². The van der Waals surface area contributed by atoms with Crippen molar-refractivity contribution >= 4 is 11.9 Å². The highest BCUT2D eigenvalue weighted by molar-refractivity contribution is 5.80. The van der Waals surface area contributed by atoms with Crippen LogP contribution in [0.15, 0.2) is 47.7 Å². The van der Waals surface area contributed by atoms with Gasteiger partial charge in [0.2, 0.25) is 5.91 Å². The number of unbranched alkanes of at least 4 members (excludes halogenated alkanes) is 1. The summed E-state index contributed by atoms with van der Waals surface area (Å²) in [4.78, 5) is 23.4. The minimum absolute atomic E-state index is 0.254. The van der Waals surface area contributed by atoms with Crippen molar-refractivity contribution in [1.82, 2.24) is 25.1 Å². The molecular formula is C24H36N6O. The Morgan fingerprint density at radius 2 is 2.03 bits per heavy atom. The second-order valence-corrected chi connectivity index (χ2v) is 8.17. The van der Waals surface area contributed by atoms with Crippen LogP contribution in [0.2, 0.25) is 0 Å². The third kappa shape index (κ3) is 7.42. The Labute approximate surface area is 186 Å². The predicted molar refractivity (Wildman–Crippen MR) is 125 cm³/mol. The molecule has 1 unspecified atom stereocenters. The number of rotatable bonds is 11. The predicted octanol–water partition coefficient (Wildman–Crippen LogP) is 2.62. The molecule has 0 radical (unpaired) electrons. The van der Waals surface area contributed by atoms with E-state index in [4.69, 9.17) is 4.99 Å². The molecule has 0 spiro atoms. The zero-order valence-electron chi connectivity index (χ0n) is 18.9. The van der Waals surface area contributed by atoms with Gasteiger partial charge in [-0.15, -0.1) is 0 Å². The largest absolute Gasteiger partial charge is 0.357 e. The Bertz CT molecular complexity index is 832. The van der Waals surface area contributed by atoms with Gasteiger partial charge in [0.1, 0.15) is 5.82 Å². The van der Waals surface area contributed by atoms with E-state index in [-0.39, 0.29) is 5.91 Å². The number of amides is 1. The maximum atomic E-state index is 12.4. The van der Waals surface area contributed by atoms with Crippen molar-refractivity contribution in [3.63, 3.8) is 0 Å². The van der Waals surface area contributed by atoms with Crippen molar-refractivity contribution < 1.29 is 4.79 Å². The molecule has 7 heteroatoms. The highest BCUT2D eigenvalue weighted by atomic mass is 16.2. The number of carbonyl (C=O) groups is 1. The number of aromatic nitrogens is 2. The van der Waals surface area contributed by atoms with Gasteiger partial charge in [-0.25, -0.2) is 4.98 Å². The molecule has 168 valence electrons. The van der Waals surface area contributed by atoms with Gasteiger partial charge < -0.3 is 20.1 Å². The van der Waals surface area contributed by atoms with Crippen molar-refractivity contribution in [3.8, 4) is 0 Å². The number of guanidine groups is 1. The molecule has 2 N–H and O–H groups in total. The molecule has 1 amide bonds. The Morgan fingerprint density at radius 3 is 2.77 bits per heavy atom. The minimum atomic E-state index is 0.254. The summed E-state index contributed by atoms with van der Waals surface area (Å²) in [7, 11) is 0. The fourth-order valence-corrected chi connectivity index (χ4v) is 3.92. The molecule has 1 aromatic carbocycles. The summed E-state index contributed by atoms with van der Waals surface area (Å²) in [5.74, 6) is 2.45. The average Bonchev–Trinajstić information content (AvgIpc) is 3.35. The number of imidazole rings is 1. The van der Waals surface area contributed by atoms with E-state index in [0.29, 0.717) is 18.9 Å². The van der Waals surface area contributed by atoms with Crippen molar-refractivity contribution in [2.45, 2.75) is 46.1 Å². The number of aryl methyl sites for hydroxylation is 2. The van der Waals surface area contributed by atoms with Gasteiger partial charge in [-0.1, -0.05) is 30.3 Å². The first-order valence-electron chi connectivity index (χ1n) is 11.5. The third-order valence-electron chi connectivity index (χ3n) is 5.70. The summed E-state index contributed by atoms with van der Waals surface area (Å²) in [5, 5.41) is 6.74. The van der Waals surface area contributed by atoms with Crippen LogP contribution in [0.5, 0.6) is 0 Å². The van der Waals surface area contributed by atoms with Gasteiger partial charge in [0.15, 0.2) is 5.96 Å². The molecule has 7 nitrogen and oxygen atoms in total. The highest BCUT2D eigenvalue weighted by Gasteiger charge is 2.28. The van der Waals surface area contributed by atoms with E-state index in [1.54, 1.807) is 0 Å². The number of likely N-dealkylation sites (tertiary alicyclic amines) is 1. The number of carbonyl (C=O) groups excluding carboxylic acids is 1. The van der Waals surface area contributed by atoms with Crippen LogP contribution in [0, 0.1) is 12.8 Å². The van der Waals surface area contributed by atoms with Gasteiger partial charge >= 0.3 is 0 Å². The fourth-order valence-electron chi connectivity index (χ4n) is 3.92. The van der Waals surface area contributed by atoms with Crippen LogP contribution >= 0.6 is 0 Å². The van der Waals surface area contributed by atoms with Crippen LogP contribution in [-0.2, 0) is 17.8 Å². The smallest absolute Gasteiger partial charge is 0.223 e. The lowest BCUT2D eigenvalue weighted by Gasteiger charge is -2.16. The molecule has 3 rings (SSSR count). The minimum Gasteiger partial charge on any atom is -0.357 e. The van der Waals surface area contributed by atoms with E-state index < -0.39 is 0 Å². The topological polar surface area (TPSA) is 74.6 Å². The Morgan fingerprint density at radius 1 is 1.19 bits per heavy atom. The first kappa shape index (κ1) is 22.8. The van der Waals surface area contributed by atoms with E-state index in [9.17, 15) is 4.79 Å². The summed E-state index contributed by atoms with van der Waals surface area (Å²) in [5.41, 5.74) is 1.28. The van der Waals surface area contributed by atoms with Gasteiger partial charge in [0.05, 0.1) is 0 Å². The molecule has 1 atom stereocenters. The Hall–Kier alpha value is -2.83. The van der Waals surface area contributed by atoms with Crippen LogP contribution in [0.3, 0.4) is 0 Å². The summed E-state index contributed by atoms with van der Waals surface area (Å²) in [6, 6.07) is 10.4. The second kappa shape index (κ2) is 12.1. The van der Waals surface area contributed by atoms with Crippen molar-refractivity contribution in [2.24, 2.45) is 10.9 Å². The average molecular weight is 425 g/mol. The molecule has 2 aromatic rings. The maximum absolute atomic E-state index is 12.4. The normalized spacial score (nSPS) is 16.7. The van der Waals surface area contributed by atoms with Crippen LogP contribution in [0.1, 0.15) is 37.6 Å². The van der Waals surface area contributed by atoms with Gasteiger partial charge in [-0.2, -0.15) is 0 Å². The Kier molecular flexibility index (Phi) is 8.94. The van der Waals surface area contributed by atoms with Gasteiger partial charge in [-0.05, 0) is 38.7 Å². The standard InChI is InChI=1S/C24H36N6O/c1-3-25-24(27-12-7-8-14-29-16-13-26-20(29)2)28-18-22-17-23(31)30(19-22)15-11-21-9-5-4-6-10-21/h4-6,9-10,13,16,22H,3,7-8,11-12,14-15,17-19H2,1-2H3,(H2,25,27,28). The van der Waals surface area contributed by atoms with E-state index in [1.807, 2.05) is 42.4 Å². The Balaban J connectivity index is 1.38. The van der Waals surface area contributed by atoms with Crippen LogP contribution in [-0.4, -0.2) is 59.0 Å².